The van der Waals surface area contributed by atoms with Gasteiger partial charge in [-0.15, -0.1) is 0 Å². The molecule has 1 fully saturated rings. The molecule has 6 nitrogen and oxygen atoms in total. The lowest BCUT2D eigenvalue weighted by Gasteiger charge is -2.42. The first-order valence-corrected chi connectivity index (χ1v) is 17.5. The first-order chi connectivity index (χ1) is 14.9. The highest BCUT2D eigenvalue weighted by atomic mass is 28.4. The third-order valence-electron chi connectivity index (χ3n) is 7.58. The van der Waals surface area contributed by atoms with Gasteiger partial charge in [0.25, 0.3) is 5.91 Å². The van der Waals surface area contributed by atoms with Crippen LogP contribution in [0.3, 0.4) is 0 Å². The standard InChI is InChI=1S/C25H42N2O4Si2/c1-24(2,3)32(8,9)30-21-20(16-26)27(17-18-12-14-19(29-7)15-13-18)23(28)22(21)31-33(10,11)25(4,5)6/h12-15,20-22H,17H2,1-11H3/t20-,21+,22-/m1/s1. The van der Waals surface area contributed by atoms with Gasteiger partial charge in [0.15, 0.2) is 22.7 Å². The summed E-state index contributed by atoms with van der Waals surface area (Å²) in [6, 6.07) is 9.25. The fraction of sp³-hybridized carbons (Fsp3) is 0.680. The topological polar surface area (TPSA) is 71.8 Å². The number of carbonyl (C=O) groups excluding carboxylic acids is 1. The third-order valence-corrected chi connectivity index (χ3v) is 16.5. The lowest BCUT2D eigenvalue weighted by molar-refractivity contribution is -0.135. The van der Waals surface area contributed by atoms with Crippen molar-refractivity contribution >= 4 is 22.5 Å². The van der Waals surface area contributed by atoms with Crippen LogP contribution in [0.15, 0.2) is 24.3 Å². The normalized spacial score (nSPS) is 22.4. The van der Waals surface area contributed by atoms with Crippen molar-refractivity contribution in [1.82, 2.24) is 4.90 Å². The number of nitrogens with zero attached hydrogens (tertiary/aromatic N) is 2. The molecule has 2 rings (SSSR count). The molecule has 1 aliphatic heterocycles. The summed E-state index contributed by atoms with van der Waals surface area (Å²) in [5.41, 5.74) is 0.934. The maximum Gasteiger partial charge on any atom is 0.254 e. The third kappa shape index (κ3) is 5.88. The zero-order chi connectivity index (χ0) is 25.4. The van der Waals surface area contributed by atoms with Gasteiger partial charge in [-0.3, -0.25) is 4.79 Å². The zero-order valence-corrected chi connectivity index (χ0v) is 24.3. The number of ether oxygens (including phenoxy) is 1. The molecule has 0 N–H and O–H groups in total. The molecule has 184 valence electrons. The fourth-order valence-corrected chi connectivity index (χ4v) is 5.80. The van der Waals surface area contributed by atoms with E-state index in [9.17, 15) is 10.1 Å². The summed E-state index contributed by atoms with van der Waals surface area (Å²) >= 11 is 0. The van der Waals surface area contributed by atoms with Crippen LogP contribution in [0.1, 0.15) is 47.1 Å². The van der Waals surface area contributed by atoms with Crippen LogP contribution in [0.2, 0.25) is 36.3 Å². The molecule has 0 aromatic heterocycles. The van der Waals surface area contributed by atoms with Crippen LogP contribution in [0.25, 0.3) is 0 Å². The first kappa shape index (κ1) is 27.6. The number of rotatable bonds is 7. The van der Waals surface area contributed by atoms with Crippen LogP contribution in [-0.2, 0) is 20.2 Å². The number of amides is 1. The average molecular weight is 491 g/mol. The Balaban J connectivity index is 2.46. The van der Waals surface area contributed by atoms with E-state index in [4.69, 9.17) is 13.6 Å². The van der Waals surface area contributed by atoms with E-state index in [1.807, 2.05) is 24.3 Å². The van der Waals surface area contributed by atoms with Crippen molar-refractivity contribution < 1.29 is 18.4 Å². The fourth-order valence-electron chi connectivity index (χ4n) is 3.29. The summed E-state index contributed by atoms with van der Waals surface area (Å²) in [6.07, 6.45) is -1.39. The molecule has 3 atom stereocenters. The molecule has 0 spiro atoms. The summed E-state index contributed by atoms with van der Waals surface area (Å²) in [4.78, 5) is 15.4. The Kier molecular flexibility index (Phi) is 7.96. The van der Waals surface area contributed by atoms with Gasteiger partial charge in [0.05, 0.1) is 13.2 Å². The van der Waals surface area contributed by atoms with Crippen molar-refractivity contribution in [3.05, 3.63) is 29.8 Å². The molecule has 0 bridgehead atoms. The Morgan fingerprint density at radius 3 is 1.85 bits per heavy atom. The number of hydrogen-bond acceptors (Lipinski definition) is 5. The van der Waals surface area contributed by atoms with Crippen LogP contribution in [0.4, 0.5) is 0 Å². The van der Waals surface area contributed by atoms with E-state index in [0.717, 1.165) is 11.3 Å². The summed E-state index contributed by atoms with van der Waals surface area (Å²) in [6.45, 7) is 21.9. The molecule has 1 aliphatic rings. The number of carbonyl (C=O) groups is 1. The van der Waals surface area contributed by atoms with Crippen molar-refractivity contribution in [3.63, 3.8) is 0 Å². The lowest BCUT2D eigenvalue weighted by Crippen LogP contribution is -2.53. The van der Waals surface area contributed by atoms with Gasteiger partial charge in [-0.2, -0.15) is 5.26 Å². The van der Waals surface area contributed by atoms with Crippen molar-refractivity contribution in [3.8, 4) is 11.8 Å². The van der Waals surface area contributed by atoms with Crippen molar-refractivity contribution in [2.24, 2.45) is 0 Å². The summed E-state index contributed by atoms with van der Waals surface area (Å²) in [5, 5.41) is 10.1. The van der Waals surface area contributed by atoms with E-state index in [-0.39, 0.29) is 16.0 Å². The smallest absolute Gasteiger partial charge is 0.254 e. The number of benzene rings is 1. The highest BCUT2D eigenvalue weighted by molar-refractivity contribution is 6.74. The molecule has 8 heteroatoms. The Morgan fingerprint density at radius 1 is 0.939 bits per heavy atom. The molecule has 0 saturated carbocycles. The molecule has 1 aromatic carbocycles. The summed E-state index contributed by atoms with van der Waals surface area (Å²) in [7, 11) is -2.93. The monoisotopic (exact) mass is 490 g/mol. The van der Waals surface area contributed by atoms with E-state index in [1.165, 1.54) is 0 Å². The van der Waals surface area contributed by atoms with Crippen LogP contribution in [-0.4, -0.2) is 52.8 Å². The van der Waals surface area contributed by atoms with Gasteiger partial charge in [0.1, 0.15) is 17.9 Å². The quantitative estimate of drug-likeness (QED) is 0.458. The molecule has 1 amide bonds. The van der Waals surface area contributed by atoms with Gasteiger partial charge < -0.3 is 18.5 Å². The van der Waals surface area contributed by atoms with Gasteiger partial charge in [0.2, 0.25) is 0 Å². The second-order valence-corrected chi connectivity index (χ2v) is 21.5. The van der Waals surface area contributed by atoms with E-state index in [2.05, 4.69) is 73.8 Å². The second-order valence-electron chi connectivity index (χ2n) is 12.0. The highest BCUT2D eigenvalue weighted by Crippen LogP contribution is 2.43. The average Bonchev–Trinajstić information content (AvgIpc) is 2.91. The van der Waals surface area contributed by atoms with Gasteiger partial charge in [-0.25, -0.2) is 0 Å². The maximum atomic E-state index is 13.7. The Labute approximate surface area is 202 Å². The van der Waals surface area contributed by atoms with Crippen molar-refractivity contribution in [2.75, 3.05) is 7.11 Å². The molecular weight excluding hydrogens is 448 g/mol. The number of likely N-dealkylation sites (tertiary alicyclic amines) is 1. The van der Waals surface area contributed by atoms with Crippen molar-refractivity contribution in [2.45, 2.75) is 103 Å². The molecule has 1 heterocycles. The lowest BCUT2D eigenvalue weighted by atomic mass is 10.1. The van der Waals surface area contributed by atoms with Crippen LogP contribution < -0.4 is 4.74 Å². The molecule has 33 heavy (non-hydrogen) atoms. The molecular formula is C25H42N2O4Si2. The van der Waals surface area contributed by atoms with E-state index < -0.39 is 34.9 Å². The predicted octanol–water partition coefficient (Wildman–Crippen LogP) is 5.71. The summed E-state index contributed by atoms with van der Waals surface area (Å²) in [5.74, 6) is 0.590. The zero-order valence-electron chi connectivity index (χ0n) is 22.3. The maximum absolute atomic E-state index is 13.7. The van der Waals surface area contributed by atoms with E-state index >= 15 is 0 Å². The van der Waals surface area contributed by atoms with Crippen LogP contribution >= 0.6 is 0 Å². The SMILES string of the molecule is COc1ccc(CN2C(=O)[C@H](O[Si](C)(C)C(C)(C)C)[C@@H](O[Si](C)(C)C(C)(C)C)[C@H]2C#N)cc1. The molecule has 0 radical (unpaired) electrons. The minimum Gasteiger partial charge on any atom is -0.497 e. The molecule has 0 aliphatic carbocycles. The predicted molar refractivity (Wildman–Crippen MR) is 137 cm³/mol. The molecule has 1 saturated heterocycles. The minimum absolute atomic E-state index is 0.0546. The number of hydrogen-bond donors (Lipinski definition) is 0. The van der Waals surface area contributed by atoms with Gasteiger partial charge in [-0.1, -0.05) is 53.7 Å². The highest BCUT2D eigenvalue weighted by Gasteiger charge is 2.56. The second kappa shape index (κ2) is 9.53. The largest absolute Gasteiger partial charge is 0.497 e. The van der Waals surface area contributed by atoms with Gasteiger partial charge in [-0.05, 0) is 54.0 Å². The number of nitriles is 1. The van der Waals surface area contributed by atoms with Crippen molar-refractivity contribution in [1.29, 1.82) is 5.26 Å². The Morgan fingerprint density at radius 2 is 1.42 bits per heavy atom. The van der Waals surface area contributed by atoms with Crippen LogP contribution in [0, 0.1) is 11.3 Å². The van der Waals surface area contributed by atoms with Gasteiger partial charge in [0, 0.05) is 6.54 Å². The van der Waals surface area contributed by atoms with E-state index in [0.29, 0.717) is 6.54 Å². The van der Waals surface area contributed by atoms with E-state index in [1.54, 1.807) is 12.0 Å². The van der Waals surface area contributed by atoms with Crippen LogP contribution in [0.5, 0.6) is 5.75 Å². The Hall–Kier alpha value is -1.67. The molecule has 0 unspecified atom stereocenters. The molecule has 1 aromatic rings. The first-order valence-electron chi connectivity index (χ1n) is 11.6. The van der Waals surface area contributed by atoms with Gasteiger partial charge >= 0.3 is 0 Å². The Bertz CT molecular complexity index is 880. The number of methoxy groups -OCH3 is 1. The minimum atomic E-state index is -2.29. The summed E-state index contributed by atoms with van der Waals surface area (Å²) < 4.78 is 18.6.